The SMILES string of the molecule is Cl.Cl.Cl.Cl.OC(CN1CCN(CCCN2CCN(CC(O)c3ccccc3)CC2)CC1)c1ccccc1. The molecule has 4 rings (SSSR count). The number of aliphatic hydroxyl groups excluding tert-OH is 2. The van der Waals surface area contributed by atoms with Crippen molar-refractivity contribution < 1.29 is 10.2 Å². The summed E-state index contributed by atoms with van der Waals surface area (Å²) in [5.41, 5.74) is 2.02. The van der Waals surface area contributed by atoms with Gasteiger partial charge in [0.25, 0.3) is 0 Å². The average Bonchev–Trinajstić information content (AvgIpc) is 2.87. The zero-order chi connectivity index (χ0) is 22.9. The third-order valence-electron chi connectivity index (χ3n) is 7.11. The number of hydrogen-bond acceptors (Lipinski definition) is 6. The van der Waals surface area contributed by atoms with Crippen LogP contribution in [-0.2, 0) is 0 Å². The molecule has 0 spiro atoms. The number of β-amino-alcohol motifs (C(OH)–C–C–N with tert-alkyl or cyclic N) is 2. The Kier molecular flexibility index (Phi) is 19.1. The molecular formula is C27H44Cl4N4O2. The number of hydrogen-bond donors (Lipinski definition) is 2. The van der Waals surface area contributed by atoms with Crippen LogP contribution in [0.25, 0.3) is 0 Å². The van der Waals surface area contributed by atoms with Crippen molar-refractivity contribution in [1.29, 1.82) is 0 Å². The van der Waals surface area contributed by atoms with Crippen LogP contribution < -0.4 is 0 Å². The number of halogens is 4. The molecule has 2 fully saturated rings. The van der Waals surface area contributed by atoms with Gasteiger partial charge in [-0.2, -0.15) is 0 Å². The van der Waals surface area contributed by atoms with Gasteiger partial charge in [-0.25, -0.2) is 0 Å². The lowest BCUT2D eigenvalue weighted by Crippen LogP contribution is -2.49. The van der Waals surface area contributed by atoms with Crippen LogP contribution in [0.2, 0.25) is 0 Å². The van der Waals surface area contributed by atoms with Gasteiger partial charge in [0.05, 0.1) is 12.2 Å². The molecule has 0 aliphatic carbocycles. The normalized spacial score (nSPS) is 18.9. The van der Waals surface area contributed by atoms with Gasteiger partial charge in [0.15, 0.2) is 0 Å². The first-order valence-electron chi connectivity index (χ1n) is 12.5. The Morgan fingerprint density at radius 2 is 0.784 bits per heavy atom. The van der Waals surface area contributed by atoms with E-state index >= 15 is 0 Å². The highest BCUT2D eigenvalue weighted by molar-refractivity contribution is 5.86. The van der Waals surface area contributed by atoms with Crippen molar-refractivity contribution in [2.75, 3.05) is 78.5 Å². The first kappa shape index (κ1) is 36.4. The highest BCUT2D eigenvalue weighted by atomic mass is 35.5. The maximum atomic E-state index is 10.5. The lowest BCUT2D eigenvalue weighted by atomic mass is 10.1. The summed E-state index contributed by atoms with van der Waals surface area (Å²) in [5, 5.41) is 20.9. The number of piperazine rings is 2. The Bertz CT molecular complexity index is 741. The van der Waals surface area contributed by atoms with E-state index in [4.69, 9.17) is 0 Å². The summed E-state index contributed by atoms with van der Waals surface area (Å²) in [4.78, 5) is 9.91. The summed E-state index contributed by atoms with van der Waals surface area (Å²) >= 11 is 0. The van der Waals surface area contributed by atoms with Gasteiger partial charge in [-0.15, -0.1) is 49.6 Å². The molecule has 37 heavy (non-hydrogen) atoms. The second-order valence-corrected chi connectivity index (χ2v) is 9.49. The lowest BCUT2D eigenvalue weighted by molar-refractivity contribution is 0.0630. The predicted octanol–water partition coefficient (Wildman–Crippen LogP) is 3.77. The monoisotopic (exact) mass is 596 g/mol. The molecule has 212 valence electrons. The summed E-state index contributed by atoms with van der Waals surface area (Å²) < 4.78 is 0. The molecule has 0 aromatic heterocycles. The lowest BCUT2D eigenvalue weighted by Gasteiger charge is -2.37. The quantitative estimate of drug-likeness (QED) is 0.435. The molecule has 6 nitrogen and oxygen atoms in total. The second-order valence-electron chi connectivity index (χ2n) is 9.49. The van der Waals surface area contributed by atoms with E-state index in [1.165, 1.54) is 6.42 Å². The number of benzene rings is 2. The van der Waals surface area contributed by atoms with Crippen LogP contribution in [0.4, 0.5) is 0 Å². The molecule has 2 heterocycles. The molecule has 0 amide bonds. The van der Waals surface area contributed by atoms with Gasteiger partial charge in [-0.1, -0.05) is 60.7 Å². The van der Waals surface area contributed by atoms with Gasteiger partial charge in [-0.3, -0.25) is 9.80 Å². The van der Waals surface area contributed by atoms with Crippen molar-refractivity contribution in [2.24, 2.45) is 0 Å². The molecule has 2 N–H and O–H groups in total. The standard InChI is InChI=1S/C27H40N4O2.4ClH/c32-26(24-8-3-1-4-9-24)22-30-18-14-28(15-19-30)12-7-13-29-16-20-31(21-17-29)23-27(33)25-10-5-2-6-11-25;;;;/h1-6,8-11,26-27,32-33H,7,12-23H2;4*1H. The van der Waals surface area contributed by atoms with Crippen molar-refractivity contribution in [3.8, 4) is 0 Å². The Labute approximate surface area is 247 Å². The minimum atomic E-state index is -0.398. The van der Waals surface area contributed by atoms with E-state index in [1.54, 1.807) is 0 Å². The van der Waals surface area contributed by atoms with Crippen LogP contribution in [0.5, 0.6) is 0 Å². The summed E-state index contributed by atoms with van der Waals surface area (Å²) in [5.74, 6) is 0. The Morgan fingerprint density at radius 1 is 0.486 bits per heavy atom. The van der Waals surface area contributed by atoms with E-state index < -0.39 is 12.2 Å². The average molecular weight is 598 g/mol. The molecule has 0 radical (unpaired) electrons. The zero-order valence-electron chi connectivity index (χ0n) is 21.4. The molecule has 2 unspecified atom stereocenters. The van der Waals surface area contributed by atoms with E-state index in [0.717, 1.165) is 89.7 Å². The van der Waals surface area contributed by atoms with Crippen LogP contribution >= 0.6 is 49.6 Å². The fourth-order valence-electron chi connectivity index (χ4n) is 4.96. The number of nitrogens with zero attached hydrogens (tertiary/aromatic N) is 4. The summed E-state index contributed by atoms with van der Waals surface area (Å²) in [7, 11) is 0. The Balaban J connectivity index is 0.00000324. The van der Waals surface area contributed by atoms with Crippen molar-refractivity contribution in [3.63, 3.8) is 0 Å². The van der Waals surface area contributed by atoms with Crippen molar-refractivity contribution >= 4 is 49.6 Å². The summed E-state index contributed by atoms with van der Waals surface area (Å²) in [6, 6.07) is 20.0. The molecular weight excluding hydrogens is 554 g/mol. The molecule has 10 heteroatoms. The largest absolute Gasteiger partial charge is 0.387 e. The van der Waals surface area contributed by atoms with E-state index in [1.807, 2.05) is 60.7 Å². The molecule has 2 aromatic rings. The van der Waals surface area contributed by atoms with Crippen molar-refractivity contribution in [2.45, 2.75) is 18.6 Å². The minimum absolute atomic E-state index is 0. The third kappa shape index (κ3) is 12.0. The van der Waals surface area contributed by atoms with Crippen LogP contribution in [0, 0.1) is 0 Å². The van der Waals surface area contributed by atoms with Crippen molar-refractivity contribution in [1.82, 2.24) is 19.6 Å². The second kappa shape index (κ2) is 19.4. The van der Waals surface area contributed by atoms with E-state index in [2.05, 4.69) is 19.6 Å². The molecule has 0 bridgehead atoms. The highest BCUT2D eigenvalue weighted by Crippen LogP contribution is 2.16. The van der Waals surface area contributed by atoms with Gasteiger partial charge < -0.3 is 20.0 Å². The molecule has 2 aliphatic heterocycles. The smallest absolute Gasteiger partial charge is 0.0916 e. The maximum absolute atomic E-state index is 10.5. The van der Waals surface area contributed by atoms with Crippen LogP contribution in [-0.4, -0.2) is 108 Å². The van der Waals surface area contributed by atoms with Crippen LogP contribution in [0.1, 0.15) is 29.8 Å². The molecule has 2 atom stereocenters. The fraction of sp³-hybridized carbons (Fsp3) is 0.556. The van der Waals surface area contributed by atoms with E-state index in [-0.39, 0.29) is 49.6 Å². The van der Waals surface area contributed by atoms with E-state index in [9.17, 15) is 10.2 Å². The maximum Gasteiger partial charge on any atom is 0.0916 e. The van der Waals surface area contributed by atoms with Gasteiger partial charge >= 0.3 is 0 Å². The van der Waals surface area contributed by atoms with Gasteiger partial charge in [-0.05, 0) is 30.6 Å². The fourth-order valence-corrected chi connectivity index (χ4v) is 4.96. The molecule has 2 aliphatic rings. The van der Waals surface area contributed by atoms with Crippen LogP contribution in [0.3, 0.4) is 0 Å². The van der Waals surface area contributed by atoms with Gasteiger partial charge in [0, 0.05) is 65.4 Å². The summed E-state index contributed by atoms with van der Waals surface area (Å²) in [6.45, 7) is 12.3. The van der Waals surface area contributed by atoms with Gasteiger partial charge in [0.1, 0.15) is 0 Å². The zero-order valence-corrected chi connectivity index (χ0v) is 24.7. The first-order valence-corrected chi connectivity index (χ1v) is 12.5. The number of rotatable bonds is 10. The highest BCUT2D eigenvalue weighted by Gasteiger charge is 2.22. The Morgan fingerprint density at radius 3 is 1.11 bits per heavy atom. The molecule has 0 saturated carbocycles. The molecule has 2 aromatic carbocycles. The molecule has 2 saturated heterocycles. The van der Waals surface area contributed by atoms with Crippen LogP contribution in [0.15, 0.2) is 60.7 Å². The Hall–Kier alpha value is -0.640. The minimum Gasteiger partial charge on any atom is -0.387 e. The van der Waals surface area contributed by atoms with E-state index in [0.29, 0.717) is 0 Å². The summed E-state index contributed by atoms with van der Waals surface area (Å²) in [6.07, 6.45) is 0.412. The first-order chi connectivity index (χ1) is 16.2. The number of aliphatic hydroxyl groups is 2. The van der Waals surface area contributed by atoms with Crippen molar-refractivity contribution in [3.05, 3.63) is 71.8 Å². The van der Waals surface area contributed by atoms with Gasteiger partial charge in [0.2, 0.25) is 0 Å². The predicted molar refractivity (Wildman–Crippen MR) is 162 cm³/mol. The third-order valence-corrected chi connectivity index (χ3v) is 7.11. The topological polar surface area (TPSA) is 53.4 Å².